The lowest BCUT2D eigenvalue weighted by Gasteiger charge is -2.12. The molecule has 0 spiro atoms. The molecule has 0 amide bonds. The minimum Gasteiger partial charge on any atom is -0.452 e. The Bertz CT molecular complexity index is 656. The molecule has 0 bridgehead atoms. The van der Waals surface area contributed by atoms with Crippen molar-refractivity contribution < 1.29 is 14.1 Å². The Kier molecular flexibility index (Phi) is 4.64. The zero-order valence-electron chi connectivity index (χ0n) is 13.7. The molecular formula is C17H22N2O3. The summed E-state index contributed by atoms with van der Waals surface area (Å²) in [5.74, 6) is 0.615. The Hall–Kier alpha value is -2.17. The quantitative estimate of drug-likeness (QED) is 0.808. The van der Waals surface area contributed by atoms with Crippen molar-refractivity contribution in [2.75, 3.05) is 0 Å². The van der Waals surface area contributed by atoms with Gasteiger partial charge >= 0.3 is 5.97 Å². The lowest BCUT2D eigenvalue weighted by molar-refractivity contribution is -0.148. The summed E-state index contributed by atoms with van der Waals surface area (Å²) in [7, 11) is 0. The summed E-state index contributed by atoms with van der Waals surface area (Å²) in [6.07, 6.45) is -0.322. The van der Waals surface area contributed by atoms with Gasteiger partial charge < -0.3 is 9.26 Å². The average Bonchev–Trinajstić information content (AvgIpc) is 2.91. The molecular weight excluding hydrogens is 280 g/mol. The Morgan fingerprint density at radius 2 is 2.00 bits per heavy atom. The average molecular weight is 302 g/mol. The third-order valence-electron chi connectivity index (χ3n) is 3.36. The Balaban J connectivity index is 2.00. The molecule has 1 aromatic heterocycles. The van der Waals surface area contributed by atoms with Gasteiger partial charge in [-0.25, -0.2) is 0 Å². The van der Waals surface area contributed by atoms with Crippen LogP contribution in [0.1, 0.15) is 56.6 Å². The predicted molar refractivity (Wildman–Crippen MR) is 82.4 cm³/mol. The van der Waals surface area contributed by atoms with E-state index in [1.165, 1.54) is 0 Å². The van der Waals surface area contributed by atoms with E-state index in [2.05, 4.69) is 10.1 Å². The molecule has 1 atom stereocenters. The number of rotatable bonds is 4. The predicted octanol–water partition coefficient (Wildman–Crippen LogP) is 3.52. The van der Waals surface area contributed by atoms with E-state index < -0.39 is 6.10 Å². The topological polar surface area (TPSA) is 65.2 Å². The summed E-state index contributed by atoms with van der Waals surface area (Å²) >= 11 is 0. The lowest BCUT2D eigenvalue weighted by Crippen LogP contribution is -2.15. The Morgan fingerprint density at radius 1 is 1.32 bits per heavy atom. The minimum absolute atomic E-state index is 0.202. The number of aromatic nitrogens is 2. The summed E-state index contributed by atoms with van der Waals surface area (Å²) in [5, 5.41) is 3.94. The molecule has 0 N–H and O–H groups in total. The second-order valence-corrected chi connectivity index (χ2v) is 6.44. The Morgan fingerprint density at radius 3 is 2.59 bits per heavy atom. The van der Waals surface area contributed by atoms with E-state index in [1.807, 2.05) is 52.0 Å². The molecule has 0 saturated carbocycles. The van der Waals surface area contributed by atoms with Gasteiger partial charge in [0.05, 0.1) is 6.42 Å². The van der Waals surface area contributed by atoms with Crippen molar-refractivity contribution in [1.29, 1.82) is 0 Å². The highest BCUT2D eigenvalue weighted by molar-refractivity contribution is 5.73. The smallest absolute Gasteiger partial charge is 0.311 e. The van der Waals surface area contributed by atoms with Gasteiger partial charge in [0, 0.05) is 5.41 Å². The van der Waals surface area contributed by atoms with E-state index in [1.54, 1.807) is 6.92 Å². The van der Waals surface area contributed by atoms with Gasteiger partial charge in [0.25, 0.3) is 5.89 Å². The number of aryl methyl sites for hydroxylation is 1. The SMILES string of the molecule is Cc1ccccc1CC(=O)OC(C)c1nc(C(C)(C)C)no1. The third kappa shape index (κ3) is 3.93. The van der Waals surface area contributed by atoms with E-state index in [9.17, 15) is 4.79 Å². The van der Waals surface area contributed by atoms with E-state index in [4.69, 9.17) is 9.26 Å². The maximum atomic E-state index is 12.0. The second kappa shape index (κ2) is 6.30. The molecule has 2 rings (SSSR count). The number of esters is 1. The fourth-order valence-corrected chi connectivity index (χ4v) is 1.96. The second-order valence-electron chi connectivity index (χ2n) is 6.44. The highest BCUT2D eigenvalue weighted by Gasteiger charge is 2.24. The molecule has 0 saturated heterocycles. The van der Waals surface area contributed by atoms with Gasteiger partial charge in [-0.1, -0.05) is 50.2 Å². The maximum Gasteiger partial charge on any atom is 0.311 e. The van der Waals surface area contributed by atoms with Crippen LogP contribution in [0.5, 0.6) is 0 Å². The van der Waals surface area contributed by atoms with Crippen LogP contribution < -0.4 is 0 Å². The van der Waals surface area contributed by atoms with Crippen LogP contribution in [0.2, 0.25) is 0 Å². The highest BCUT2D eigenvalue weighted by Crippen LogP contribution is 2.22. The summed E-state index contributed by atoms with van der Waals surface area (Å²) in [5.41, 5.74) is 1.83. The van der Waals surface area contributed by atoms with Crippen molar-refractivity contribution in [3.63, 3.8) is 0 Å². The highest BCUT2D eigenvalue weighted by atomic mass is 16.6. The van der Waals surface area contributed by atoms with Crippen molar-refractivity contribution in [1.82, 2.24) is 10.1 Å². The molecule has 2 aromatic rings. The number of ether oxygens (including phenoxy) is 1. The van der Waals surface area contributed by atoms with Crippen LogP contribution in [-0.2, 0) is 21.4 Å². The normalized spacial score (nSPS) is 13.0. The molecule has 5 nitrogen and oxygen atoms in total. The molecule has 5 heteroatoms. The van der Waals surface area contributed by atoms with Crippen molar-refractivity contribution >= 4 is 5.97 Å². The van der Waals surface area contributed by atoms with Gasteiger partial charge in [-0.05, 0) is 25.0 Å². The molecule has 1 aromatic carbocycles. The summed E-state index contributed by atoms with van der Waals surface area (Å²) in [6.45, 7) is 9.69. The lowest BCUT2D eigenvalue weighted by atomic mass is 9.96. The summed E-state index contributed by atoms with van der Waals surface area (Å²) in [6, 6.07) is 7.75. The number of hydrogen-bond acceptors (Lipinski definition) is 5. The summed E-state index contributed by atoms with van der Waals surface area (Å²) in [4.78, 5) is 16.3. The van der Waals surface area contributed by atoms with E-state index in [-0.39, 0.29) is 17.8 Å². The molecule has 22 heavy (non-hydrogen) atoms. The number of carbonyl (C=O) groups is 1. The number of hydrogen-bond donors (Lipinski definition) is 0. The number of benzene rings is 1. The van der Waals surface area contributed by atoms with E-state index >= 15 is 0 Å². The van der Waals surface area contributed by atoms with E-state index in [0.29, 0.717) is 11.7 Å². The third-order valence-corrected chi connectivity index (χ3v) is 3.36. The first-order valence-corrected chi connectivity index (χ1v) is 7.35. The first kappa shape index (κ1) is 16.2. The maximum absolute atomic E-state index is 12.0. The zero-order valence-corrected chi connectivity index (χ0v) is 13.7. The van der Waals surface area contributed by atoms with Gasteiger partial charge in [-0.3, -0.25) is 4.79 Å². The van der Waals surface area contributed by atoms with Gasteiger partial charge in [-0.2, -0.15) is 4.98 Å². The van der Waals surface area contributed by atoms with Gasteiger partial charge in [0.15, 0.2) is 11.9 Å². The van der Waals surface area contributed by atoms with Crippen LogP contribution in [0.25, 0.3) is 0 Å². The van der Waals surface area contributed by atoms with Crippen LogP contribution in [0.4, 0.5) is 0 Å². The fraction of sp³-hybridized carbons (Fsp3) is 0.471. The molecule has 0 fully saturated rings. The van der Waals surface area contributed by atoms with Crippen molar-refractivity contribution in [2.24, 2.45) is 0 Å². The van der Waals surface area contributed by atoms with Crippen LogP contribution in [-0.4, -0.2) is 16.1 Å². The van der Waals surface area contributed by atoms with Crippen LogP contribution in [0.15, 0.2) is 28.8 Å². The molecule has 1 heterocycles. The standard InChI is InChI=1S/C17H22N2O3/c1-11-8-6-7-9-13(11)10-14(20)21-12(2)15-18-16(19-22-15)17(3,4)5/h6-9,12H,10H2,1-5H3. The van der Waals surface area contributed by atoms with Crippen molar-refractivity contribution in [3.8, 4) is 0 Å². The van der Waals surface area contributed by atoms with E-state index in [0.717, 1.165) is 11.1 Å². The molecule has 118 valence electrons. The fourth-order valence-electron chi connectivity index (χ4n) is 1.96. The molecule has 0 aliphatic carbocycles. The van der Waals surface area contributed by atoms with Gasteiger partial charge in [-0.15, -0.1) is 0 Å². The monoisotopic (exact) mass is 302 g/mol. The molecule has 0 radical (unpaired) electrons. The minimum atomic E-state index is -0.555. The number of nitrogens with zero attached hydrogens (tertiary/aromatic N) is 2. The van der Waals surface area contributed by atoms with Crippen LogP contribution >= 0.6 is 0 Å². The first-order chi connectivity index (χ1) is 10.3. The molecule has 0 aliphatic rings. The Labute approximate surface area is 130 Å². The van der Waals surface area contributed by atoms with Crippen molar-refractivity contribution in [3.05, 3.63) is 47.1 Å². The van der Waals surface area contributed by atoms with Crippen molar-refractivity contribution in [2.45, 2.75) is 52.6 Å². The number of carbonyl (C=O) groups excluding carboxylic acids is 1. The zero-order chi connectivity index (χ0) is 16.3. The largest absolute Gasteiger partial charge is 0.452 e. The van der Waals surface area contributed by atoms with Crippen LogP contribution in [0, 0.1) is 6.92 Å². The molecule has 0 aliphatic heterocycles. The van der Waals surface area contributed by atoms with Gasteiger partial charge in [0.2, 0.25) is 0 Å². The summed E-state index contributed by atoms with van der Waals surface area (Å²) < 4.78 is 10.6. The van der Waals surface area contributed by atoms with Gasteiger partial charge in [0.1, 0.15) is 0 Å². The van der Waals surface area contributed by atoms with Crippen LogP contribution in [0.3, 0.4) is 0 Å². The molecule has 1 unspecified atom stereocenters. The first-order valence-electron chi connectivity index (χ1n) is 7.35.